The zero-order valence-electron chi connectivity index (χ0n) is 19.0. The monoisotopic (exact) mass is 440 g/mol. The van der Waals surface area contributed by atoms with E-state index in [0.717, 1.165) is 47.8 Å². The normalized spacial score (nSPS) is 11.6. The van der Waals surface area contributed by atoms with Crippen LogP contribution >= 0.6 is 11.3 Å². The van der Waals surface area contributed by atoms with E-state index in [1.165, 1.54) is 10.6 Å². The number of nitrogens with zero attached hydrogens (tertiary/aromatic N) is 6. The largest absolute Gasteiger partial charge is 0.375 e. The first-order valence-electron chi connectivity index (χ1n) is 10.5. The molecule has 2 aromatic heterocycles. The molecule has 0 aliphatic rings. The Morgan fingerprint density at radius 1 is 1.13 bits per heavy atom. The number of anilines is 1. The maximum atomic E-state index is 4.72. The van der Waals surface area contributed by atoms with Crippen LogP contribution in [0.3, 0.4) is 0 Å². The van der Waals surface area contributed by atoms with Gasteiger partial charge in [-0.25, -0.2) is 9.98 Å². The molecule has 3 rings (SSSR count). The topological polar surface area (TPSA) is 83.3 Å². The summed E-state index contributed by atoms with van der Waals surface area (Å²) in [5, 5.41) is 16.2. The van der Waals surface area contributed by atoms with E-state index >= 15 is 0 Å². The quantitative estimate of drug-likeness (QED) is 0.302. The van der Waals surface area contributed by atoms with Crippen molar-refractivity contribution in [1.82, 2.24) is 30.4 Å². The number of benzene rings is 1. The Balaban J connectivity index is 1.56. The average Bonchev–Trinajstić information content (AvgIpc) is 3.27. The number of para-hydroxylation sites is 1. The van der Waals surface area contributed by atoms with Gasteiger partial charge in [-0.3, -0.25) is 0 Å². The second-order valence-corrected chi connectivity index (χ2v) is 8.82. The number of hydrogen-bond acceptors (Lipinski definition) is 6. The van der Waals surface area contributed by atoms with Crippen molar-refractivity contribution < 1.29 is 0 Å². The minimum Gasteiger partial charge on any atom is -0.375 e. The minimum atomic E-state index is 0.465. The molecule has 9 heteroatoms. The van der Waals surface area contributed by atoms with Gasteiger partial charge < -0.3 is 20.1 Å². The Morgan fingerprint density at radius 3 is 2.55 bits per heavy atom. The van der Waals surface area contributed by atoms with Gasteiger partial charge in [-0.1, -0.05) is 18.2 Å². The van der Waals surface area contributed by atoms with Crippen molar-refractivity contribution in [3.8, 4) is 0 Å². The van der Waals surface area contributed by atoms with Crippen molar-refractivity contribution in [2.45, 2.75) is 40.3 Å². The van der Waals surface area contributed by atoms with Crippen molar-refractivity contribution >= 4 is 23.0 Å². The van der Waals surface area contributed by atoms with Gasteiger partial charge >= 0.3 is 0 Å². The number of aromatic nitrogens is 4. The first-order valence-corrected chi connectivity index (χ1v) is 11.3. The summed E-state index contributed by atoms with van der Waals surface area (Å²) in [5.74, 6) is 2.47. The Bertz CT molecular complexity index is 973. The first-order chi connectivity index (χ1) is 14.9. The SMILES string of the molecule is Cc1nc(CNC(=NCc2nnc(C)n2C)NCCCN(C)c2ccccc2)sc1C. The van der Waals surface area contributed by atoms with E-state index in [-0.39, 0.29) is 0 Å². The summed E-state index contributed by atoms with van der Waals surface area (Å²) in [7, 11) is 4.08. The Morgan fingerprint density at radius 2 is 1.90 bits per heavy atom. The number of thiazole rings is 1. The van der Waals surface area contributed by atoms with Gasteiger partial charge in [0.25, 0.3) is 0 Å². The number of rotatable bonds is 9. The highest BCUT2D eigenvalue weighted by atomic mass is 32.1. The van der Waals surface area contributed by atoms with Crippen LogP contribution in [0.2, 0.25) is 0 Å². The van der Waals surface area contributed by atoms with Gasteiger partial charge in [0.1, 0.15) is 17.4 Å². The molecule has 0 saturated carbocycles. The molecule has 3 aromatic rings. The molecule has 2 N–H and O–H groups in total. The standard InChI is InChI=1S/C22H32N8S/c1-16-17(2)31-21(26-16)15-25-22(24-14-20-28-27-18(3)30(20)5)23-12-9-13-29(4)19-10-7-6-8-11-19/h6-8,10-11H,9,12-15H2,1-5H3,(H2,23,24,25). The highest BCUT2D eigenvalue weighted by Gasteiger charge is 2.08. The highest BCUT2D eigenvalue weighted by molar-refractivity contribution is 7.11. The maximum absolute atomic E-state index is 4.72. The van der Waals surface area contributed by atoms with Crippen LogP contribution in [0, 0.1) is 20.8 Å². The zero-order chi connectivity index (χ0) is 22.2. The molecule has 31 heavy (non-hydrogen) atoms. The molecule has 0 unspecified atom stereocenters. The number of nitrogens with one attached hydrogen (secondary N) is 2. The van der Waals surface area contributed by atoms with Crippen LogP contribution in [0.1, 0.15) is 33.6 Å². The minimum absolute atomic E-state index is 0.465. The summed E-state index contributed by atoms with van der Waals surface area (Å²) in [6.07, 6.45) is 0.991. The van der Waals surface area contributed by atoms with Crippen molar-refractivity contribution in [1.29, 1.82) is 0 Å². The third-order valence-electron chi connectivity index (χ3n) is 5.20. The maximum Gasteiger partial charge on any atom is 0.192 e. The second-order valence-electron chi connectivity index (χ2n) is 7.53. The van der Waals surface area contributed by atoms with Crippen LogP contribution in [-0.4, -0.2) is 45.8 Å². The van der Waals surface area contributed by atoms with E-state index in [0.29, 0.717) is 13.1 Å². The molecule has 0 fully saturated rings. The summed E-state index contributed by atoms with van der Waals surface area (Å²) in [4.78, 5) is 12.8. The molecule has 0 amide bonds. The number of guanidine groups is 1. The van der Waals surface area contributed by atoms with Crippen molar-refractivity contribution in [2.75, 3.05) is 25.0 Å². The van der Waals surface area contributed by atoms with E-state index in [9.17, 15) is 0 Å². The third-order valence-corrected chi connectivity index (χ3v) is 6.27. The molecule has 0 radical (unpaired) electrons. The smallest absolute Gasteiger partial charge is 0.192 e. The summed E-state index contributed by atoms with van der Waals surface area (Å²) >= 11 is 1.72. The van der Waals surface area contributed by atoms with Crippen molar-refractivity contribution in [3.05, 3.63) is 57.6 Å². The van der Waals surface area contributed by atoms with Gasteiger partial charge in [0.2, 0.25) is 0 Å². The highest BCUT2D eigenvalue weighted by Crippen LogP contribution is 2.16. The fourth-order valence-electron chi connectivity index (χ4n) is 3.02. The lowest BCUT2D eigenvalue weighted by atomic mass is 10.3. The van der Waals surface area contributed by atoms with E-state index in [1.54, 1.807) is 11.3 Å². The molecule has 0 aliphatic heterocycles. The van der Waals surface area contributed by atoms with Gasteiger partial charge in [0.05, 0.1) is 12.2 Å². The third kappa shape index (κ3) is 6.52. The molecule has 166 valence electrons. The molecule has 0 aliphatic carbocycles. The lowest BCUT2D eigenvalue weighted by Gasteiger charge is -2.19. The molecular weight excluding hydrogens is 408 g/mol. The molecule has 1 aromatic carbocycles. The van der Waals surface area contributed by atoms with E-state index < -0.39 is 0 Å². The summed E-state index contributed by atoms with van der Waals surface area (Å²) in [6, 6.07) is 10.4. The second kappa shape index (κ2) is 10.9. The molecule has 0 atom stereocenters. The fraction of sp³-hybridized carbons (Fsp3) is 0.455. The van der Waals surface area contributed by atoms with Crippen LogP contribution in [0.5, 0.6) is 0 Å². The lowest BCUT2D eigenvalue weighted by Crippen LogP contribution is -2.38. The number of hydrogen-bond donors (Lipinski definition) is 2. The van der Waals surface area contributed by atoms with Crippen LogP contribution < -0.4 is 15.5 Å². The summed E-state index contributed by atoms with van der Waals surface area (Å²) in [6.45, 7) is 8.97. The van der Waals surface area contributed by atoms with Crippen LogP contribution in [0.15, 0.2) is 35.3 Å². The average molecular weight is 441 g/mol. The van der Waals surface area contributed by atoms with E-state index in [2.05, 4.69) is 69.0 Å². The molecular formula is C22H32N8S. The van der Waals surface area contributed by atoms with Crippen LogP contribution in [-0.2, 0) is 20.1 Å². The van der Waals surface area contributed by atoms with Gasteiger partial charge in [0, 0.05) is 37.7 Å². The van der Waals surface area contributed by atoms with E-state index in [4.69, 9.17) is 4.99 Å². The van der Waals surface area contributed by atoms with Gasteiger partial charge in [-0.05, 0) is 39.3 Å². The predicted molar refractivity (Wildman–Crippen MR) is 128 cm³/mol. The number of aryl methyl sites for hydroxylation is 3. The Labute approximate surface area is 188 Å². The van der Waals surface area contributed by atoms with Crippen molar-refractivity contribution in [2.24, 2.45) is 12.0 Å². The molecule has 2 heterocycles. The molecule has 8 nitrogen and oxygen atoms in total. The Hall–Kier alpha value is -2.94. The van der Waals surface area contributed by atoms with Gasteiger partial charge in [-0.2, -0.15) is 0 Å². The number of aliphatic imine (C=N–C) groups is 1. The van der Waals surface area contributed by atoms with E-state index in [1.807, 2.05) is 31.5 Å². The summed E-state index contributed by atoms with van der Waals surface area (Å²) in [5.41, 5.74) is 2.31. The predicted octanol–water partition coefficient (Wildman–Crippen LogP) is 2.96. The first kappa shape index (κ1) is 22.7. The van der Waals surface area contributed by atoms with Crippen LogP contribution in [0.25, 0.3) is 0 Å². The lowest BCUT2D eigenvalue weighted by molar-refractivity contribution is 0.716. The van der Waals surface area contributed by atoms with Crippen molar-refractivity contribution in [3.63, 3.8) is 0 Å². The fourth-order valence-corrected chi connectivity index (χ4v) is 3.90. The molecule has 0 spiro atoms. The zero-order valence-corrected chi connectivity index (χ0v) is 19.8. The molecule has 0 saturated heterocycles. The van der Waals surface area contributed by atoms with Gasteiger partial charge in [0.15, 0.2) is 11.8 Å². The van der Waals surface area contributed by atoms with Crippen LogP contribution in [0.4, 0.5) is 5.69 Å². The van der Waals surface area contributed by atoms with Gasteiger partial charge in [-0.15, -0.1) is 21.5 Å². The Kier molecular flexibility index (Phi) is 8.00. The molecule has 0 bridgehead atoms. The summed E-state index contributed by atoms with van der Waals surface area (Å²) < 4.78 is 1.96.